The molecule has 1 heterocycles. The molecule has 2 aromatic carbocycles. The van der Waals surface area contributed by atoms with E-state index in [0.29, 0.717) is 16.5 Å². The number of sulfonamides is 1. The average Bonchev–Trinajstić information content (AvgIpc) is 2.77. The fourth-order valence-electron chi connectivity index (χ4n) is 3.12. The standard InChI is InChI=1S/C22H24N4O6S/c1-14(21(28)23-15-8-7-9-16(12-15)33(30,31)25(2)3)32-20(27)13-19-17-10-5-6-11-18(17)22(29)26(4)24-19/h5-12,14H,13H2,1-4H3,(H,23,28). The van der Waals surface area contributed by atoms with Gasteiger partial charge in [0, 0.05) is 32.2 Å². The van der Waals surface area contributed by atoms with Crippen molar-refractivity contribution in [1.82, 2.24) is 14.1 Å². The van der Waals surface area contributed by atoms with Crippen LogP contribution in [0.25, 0.3) is 10.8 Å². The normalized spacial score (nSPS) is 12.5. The van der Waals surface area contributed by atoms with Crippen molar-refractivity contribution in [3.63, 3.8) is 0 Å². The Bertz CT molecular complexity index is 1380. The SMILES string of the molecule is CC(OC(=O)Cc1nn(C)c(=O)c2ccccc12)C(=O)Nc1cccc(S(=O)(=O)N(C)C)c1. The summed E-state index contributed by atoms with van der Waals surface area (Å²) in [5.74, 6) is -1.32. The molecule has 10 nitrogen and oxygen atoms in total. The van der Waals surface area contributed by atoms with Gasteiger partial charge in [-0.25, -0.2) is 17.4 Å². The maximum absolute atomic E-state index is 12.5. The fourth-order valence-corrected chi connectivity index (χ4v) is 4.07. The number of carbonyl (C=O) groups is 2. The maximum Gasteiger partial charge on any atom is 0.312 e. The van der Waals surface area contributed by atoms with Gasteiger partial charge in [-0.2, -0.15) is 5.10 Å². The minimum atomic E-state index is -3.67. The smallest absolute Gasteiger partial charge is 0.312 e. The van der Waals surface area contributed by atoms with Gasteiger partial charge in [0.1, 0.15) is 0 Å². The predicted molar refractivity (Wildman–Crippen MR) is 122 cm³/mol. The molecule has 0 aliphatic heterocycles. The predicted octanol–water partition coefficient (Wildman–Crippen LogP) is 1.30. The van der Waals surface area contributed by atoms with Crippen molar-refractivity contribution >= 4 is 38.4 Å². The van der Waals surface area contributed by atoms with Crippen LogP contribution >= 0.6 is 0 Å². The van der Waals surface area contributed by atoms with E-state index in [1.165, 1.54) is 52.3 Å². The summed E-state index contributed by atoms with van der Waals surface area (Å²) >= 11 is 0. The zero-order valence-electron chi connectivity index (χ0n) is 18.6. The van der Waals surface area contributed by atoms with Crippen LogP contribution in [0.15, 0.2) is 58.2 Å². The summed E-state index contributed by atoms with van der Waals surface area (Å²) in [6.45, 7) is 1.40. The van der Waals surface area contributed by atoms with Crippen LogP contribution in [0.1, 0.15) is 12.6 Å². The first-order valence-electron chi connectivity index (χ1n) is 9.98. The summed E-state index contributed by atoms with van der Waals surface area (Å²) in [7, 11) is 0.637. The van der Waals surface area contributed by atoms with Gasteiger partial charge in [-0.3, -0.25) is 14.4 Å². The van der Waals surface area contributed by atoms with Crippen molar-refractivity contribution in [2.45, 2.75) is 24.3 Å². The molecule has 0 bridgehead atoms. The van der Waals surface area contributed by atoms with Crippen LogP contribution in [0.2, 0.25) is 0 Å². The zero-order chi connectivity index (χ0) is 24.3. The third kappa shape index (κ3) is 5.26. The van der Waals surface area contributed by atoms with Crippen molar-refractivity contribution in [2.24, 2.45) is 7.05 Å². The second-order valence-corrected chi connectivity index (χ2v) is 9.69. The van der Waals surface area contributed by atoms with E-state index < -0.39 is 28.0 Å². The Morgan fingerprint density at radius 3 is 2.45 bits per heavy atom. The van der Waals surface area contributed by atoms with Crippen molar-refractivity contribution in [2.75, 3.05) is 19.4 Å². The van der Waals surface area contributed by atoms with Gasteiger partial charge in [-0.15, -0.1) is 0 Å². The number of rotatable bonds is 7. The first-order chi connectivity index (χ1) is 15.5. The van der Waals surface area contributed by atoms with Crippen LogP contribution in [0.5, 0.6) is 0 Å². The van der Waals surface area contributed by atoms with E-state index in [1.807, 2.05) is 0 Å². The van der Waals surface area contributed by atoms with Gasteiger partial charge in [0.05, 0.1) is 22.4 Å². The van der Waals surface area contributed by atoms with E-state index >= 15 is 0 Å². The second kappa shape index (κ2) is 9.51. The third-order valence-electron chi connectivity index (χ3n) is 4.90. The number of carbonyl (C=O) groups excluding carboxylic acids is 2. The van der Waals surface area contributed by atoms with E-state index in [2.05, 4.69) is 10.4 Å². The Hall–Kier alpha value is -3.57. The van der Waals surface area contributed by atoms with E-state index in [-0.39, 0.29) is 22.6 Å². The van der Waals surface area contributed by atoms with E-state index in [4.69, 9.17) is 4.74 Å². The molecule has 0 saturated heterocycles. The quantitative estimate of drug-likeness (QED) is 0.513. The summed E-state index contributed by atoms with van der Waals surface area (Å²) in [6, 6.07) is 12.6. The molecule has 0 fully saturated rings. The monoisotopic (exact) mass is 472 g/mol. The van der Waals surface area contributed by atoms with Gasteiger partial charge in [-0.1, -0.05) is 24.3 Å². The minimum absolute atomic E-state index is 0.0163. The van der Waals surface area contributed by atoms with Crippen LogP contribution in [0.3, 0.4) is 0 Å². The number of ether oxygens (including phenoxy) is 1. The Kier molecular flexibility index (Phi) is 6.94. The molecule has 0 saturated carbocycles. The Morgan fingerprint density at radius 1 is 1.12 bits per heavy atom. The minimum Gasteiger partial charge on any atom is -0.452 e. The van der Waals surface area contributed by atoms with E-state index in [0.717, 1.165) is 8.99 Å². The number of fused-ring (bicyclic) bond motifs is 1. The van der Waals surface area contributed by atoms with Crippen LogP contribution < -0.4 is 10.9 Å². The van der Waals surface area contributed by atoms with Gasteiger partial charge in [0.2, 0.25) is 10.0 Å². The van der Waals surface area contributed by atoms with Gasteiger partial charge in [0.25, 0.3) is 11.5 Å². The van der Waals surface area contributed by atoms with Gasteiger partial charge < -0.3 is 10.1 Å². The van der Waals surface area contributed by atoms with Crippen molar-refractivity contribution in [1.29, 1.82) is 0 Å². The van der Waals surface area contributed by atoms with E-state index in [1.54, 1.807) is 24.3 Å². The number of anilines is 1. The number of esters is 1. The first-order valence-corrected chi connectivity index (χ1v) is 11.4. The molecule has 1 atom stereocenters. The second-order valence-electron chi connectivity index (χ2n) is 7.53. The van der Waals surface area contributed by atoms with Crippen molar-refractivity contribution in [3.8, 4) is 0 Å². The van der Waals surface area contributed by atoms with Gasteiger partial charge >= 0.3 is 5.97 Å². The van der Waals surface area contributed by atoms with Crippen molar-refractivity contribution < 1.29 is 22.7 Å². The lowest BCUT2D eigenvalue weighted by Crippen LogP contribution is -2.31. The number of aryl methyl sites for hydroxylation is 1. The highest BCUT2D eigenvalue weighted by molar-refractivity contribution is 7.89. The molecule has 1 unspecified atom stereocenters. The summed E-state index contributed by atoms with van der Waals surface area (Å²) in [5.41, 5.74) is 0.317. The Morgan fingerprint density at radius 2 is 1.79 bits per heavy atom. The summed E-state index contributed by atoms with van der Waals surface area (Å²) in [6.07, 6.45) is -1.38. The fraction of sp³-hybridized carbons (Fsp3) is 0.273. The Labute approximate surface area is 190 Å². The van der Waals surface area contributed by atoms with Crippen molar-refractivity contribution in [3.05, 3.63) is 64.6 Å². The molecular weight excluding hydrogens is 448 g/mol. The molecule has 3 rings (SSSR count). The molecule has 33 heavy (non-hydrogen) atoms. The first kappa shape index (κ1) is 24.1. The topological polar surface area (TPSA) is 128 Å². The number of nitrogens with one attached hydrogen (secondary N) is 1. The largest absolute Gasteiger partial charge is 0.452 e. The molecule has 1 aromatic heterocycles. The number of hydrogen-bond donors (Lipinski definition) is 1. The molecule has 0 aliphatic carbocycles. The summed E-state index contributed by atoms with van der Waals surface area (Å²) < 4.78 is 32.0. The highest BCUT2D eigenvalue weighted by Crippen LogP contribution is 2.19. The van der Waals surface area contributed by atoms with Crippen LogP contribution in [0, 0.1) is 0 Å². The molecule has 0 radical (unpaired) electrons. The maximum atomic E-state index is 12.5. The lowest BCUT2D eigenvalue weighted by atomic mass is 10.1. The molecule has 0 aliphatic rings. The van der Waals surface area contributed by atoms with Crippen LogP contribution in [0.4, 0.5) is 5.69 Å². The number of benzene rings is 2. The Balaban J connectivity index is 1.70. The number of nitrogens with zero attached hydrogens (tertiary/aromatic N) is 3. The highest BCUT2D eigenvalue weighted by Gasteiger charge is 2.22. The molecule has 0 spiro atoms. The molecular formula is C22H24N4O6S. The lowest BCUT2D eigenvalue weighted by molar-refractivity contribution is -0.152. The molecule has 3 aromatic rings. The van der Waals surface area contributed by atoms with Crippen LogP contribution in [-0.4, -0.2) is 54.6 Å². The number of amides is 1. The molecule has 174 valence electrons. The molecule has 1 N–H and O–H groups in total. The number of aromatic nitrogens is 2. The number of hydrogen-bond acceptors (Lipinski definition) is 7. The van der Waals surface area contributed by atoms with E-state index in [9.17, 15) is 22.8 Å². The van der Waals surface area contributed by atoms with Gasteiger partial charge in [-0.05, 0) is 31.2 Å². The third-order valence-corrected chi connectivity index (χ3v) is 6.71. The summed E-state index contributed by atoms with van der Waals surface area (Å²) in [4.78, 5) is 37.2. The summed E-state index contributed by atoms with van der Waals surface area (Å²) in [5, 5.41) is 7.66. The van der Waals surface area contributed by atoms with Gasteiger partial charge in [0.15, 0.2) is 6.10 Å². The highest BCUT2D eigenvalue weighted by atomic mass is 32.2. The average molecular weight is 473 g/mol. The lowest BCUT2D eigenvalue weighted by Gasteiger charge is -2.15. The molecule has 1 amide bonds. The zero-order valence-corrected chi connectivity index (χ0v) is 19.4. The van der Waals surface area contributed by atoms with Crippen LogP contribution in [-0.2, 0) is 37.8 Å². The molecule has 11 heteroatoms.